The van der Waals surface area contributed by atoms with E-state index in [2.05, 4.69) is 25.9 Å². The van der Waals surface area contributed by atoms with Gasteiger partial charge in [-0.1, -0.05) is 0 Å². The highest BCUT2D eigenvalue weighted by Crippen LogP contribution is 2.30. The van der Waals surface area contributed by atoms with Crippen LogP contribution in [0.4, 0.5) is 5.95 Å². The zero-order valence-corrected chi connectivity index (χ0v) is 11.8. The van der Waals surface area contributed by atoms with Gasteiger partial charge >= 0.3 is 0 Å². The first kappa shape index (κ1) is 12.0. The number of nitrogens with two attached hydrogens (primary N) is 1. The van der Waals surface area contributed by atoms with E-state index in [-0.39, 0.29) is 0 Å². The van der Waals surface area contributed by atoms with E-state index in [4.69, 9.17) is 10.5 Å². The highest BCUT2D eigenvalue weighted by molar-refractivity contribution is 9.10. The number of nitrogen functional groups attached to an aromatic ring is 1. The second-order valence-corrected chi connectivity index (χ2v) is 4.84. The van der Waals surface area contributed by atoms with Crippen molar-refractivity contribution in [3.8, 4) is 11.4 Å². The molecule has 0 spiro atoms. The number of rotatable bonds is 2. The van der Waals surface area contributed by atoms with Gasteiger partial charge in [0.2, 0.25) is 5.95 Å². The van der Waals surface area contributed by atoms with Crippen LogP contribution in [0.1, 0.15) is 0 Å². The Hall–Kier alpha value is -2.08. The number of hydrogen-bond donors (Lipinski definition) is 1. The zero-order chi connectivity index (χ0) is 13.4. The molecule has 6 heteroatoms. The van der Waals surface area contributed by atoms with Crippen molar-refractivity contribution < 1.29 is 4.74 Å². The molecule has 2 N–H and O–H groups in total. The predicted molar refractivity (Wildman–Crippen MR) is 77.5 cm³/mol. The number of hydrogen-bond acceptors (Lipinski definition) is 4. The summed E-state index contributed by atoms with van der Waals surface area (Å²) in [5.41, 5.74) is 8.56. The van der Waals surface area contributed by atoms with Crippen LogP contribution in [0, 0.1) is 0 Å². The summed E-state index contributed by atoms with van der Waals surface area (Å²) in [5.74, 6) is 1.17. The third-order valence-electron chi connectivity index (χ3n) is 2.88. The van der Waals surface area contributed by atoms with Gasteiger partial charge in [-0.3, -0.25) is 9.55 Å². The number of imidazole rings is 1. The van der Waals surface area contributed by atoms with Crippen LogP contribution in [0.5, 0.6) is 5.75 Å². The molecule has 3 rings (SSSR count). The third-order valence-corrected chi connectivity index (χ3v) is 3.53. The molecule has 0 saturated heterocycles. The smallest absolute Gasteiger partial charge is 0.205 e. The Kier molecular flexibility index (Phi) is 2.87. The van der Waals surface area contributed by atoms with Crippen molar-refractivity contribution in [1.29, 1.82) is 0 Å². The molecule has 2 heterocycles. The Morgan fingerprint density at radius 1 is 1.32 bits per heavy atom. The summed E-state index contributed by atoms with van der Waals surface area (Å²) in [4.78, 5) is 8.34. The van der Waals surface area contributed by atoms with E-state index in [1.807, 2.05) is 28.8 Å². The van der Waals surface area contributed by atoms with Gasteiger partial charge in [0.05, 0.1) is 29.0 Å². The minimum Gasteiger partial charge on any atom is -0.495 e. The van der Waals surface area contributed by atoms with Crippen molar-refractivity contribution in [2.45, 2.75) is 0 Å². The Balaban J connectivity index is 2.27. The van der Waals surface area contributed by atoms with Gasteiger partial charge in [0.15, 0.2) is 0 Å². The van der Waals surface area contributed by atoms with E-state index in [1.54, 1.807) is 19.5 Å². The van der Waals surface area contributed by atoms with Gasteiger partial charge in [0.25, 0.3) is 0 Å². The third kappa shape index (κ3) is 1.94. The lowest BCUT2D eigenvalue weighted by atomic mass is 10.3. The SMILES string of the molecule is COc1cc(-n2c(N)nc3cnccc32)ccc1Br. The van der Waals surface area contributed by atoms with Crippen molar-refractivity contribution in [2.75, 3.05) is 12.8 Å². The molecule has 0 fully saturated rings. The number of aromatic nitrogens is 3. The molecule has 0 aliphatic heterocycles. The van der Waals surface area contributed by atoms with Gasteiger partial charge in [-0.2, -0.15) is 0 Å². The van der Waals surface area contributed by atoms with Gasteiger partial charge in [-0.15, -0.1) is 0 Å². The maximum absolute atomic E-state index is 5.99. The van der Waals surface area contributed by atoms with Gasteiger partial charge in [-0.25, -0.2) is 4.98 Å². The summed E-state index contributed by atoms with van der Waals surface area (Å²) >= 11 is 3.43. The summed E-state index contributed by atoms with van der Waals surface area (Å²) in [6.45, 7) is 0. The molecule has 0 bridgehead atoms. The van der Waals surface area contributed by atoms with Gasteiger partial charge < -0.3 is 10.5 Å². The fraction of sp³-hybridized carbons (Fsp3) is 0.0769. The Morgan fingerprint density at radius 2 is 2.16 bits per heavy atom. The average Bonchev–Trinajstić information content (AvgIpc) is 2.75. The fourth-order valence-corrected chi connectivity index (χ4v) is 2.42. The molecule has 19 heavy (non-hydrogen) atoms. The van der Waals surface area contributed by atoms with Crippen LogP contribution in [0.25, 0.3) is 16.7 Å². The molecule has 0 aliphatic carbocycles. The molecule has 0 radical (unpaired) electrons. The Morgan fingerprint density at radius 3 is 2.95 bits per heavy atom. The highest BCUT2D eigenvalue weighted by atomic mass is 79.9. The molecule has 0 aliphatic rings. The van der Waals surface area contributed by atoms with Crippen molar-refractivity contribution in [3.05, 3.63) is 41.1 Å². The van der Waals surface area contributed by atoms with Crippen LogP contribution in [-0.2, 0) is 0 Å². The summed E-state index contributed by atoms with van der Waals surface area (Å²) < 4.78 is 8.06. The van der Waals surface area contributed by atoms with Crippen LogP contribution in [-0.4, -0.2) is 21.6 Å². The number of anilines is 1. The van der Waals surface area contributed by atoms with Crippen LogP contribution in [0.3, 0.4) is 0 Å². The van der Waals surface area contributed by atoms with E-state index in [0.717, 1.165) is 26.9 Å². The first-order valence-electron chi connectivity index (χ1n) is 5.62. The Bertz CT molecular complexity index is 753. The maximum atomic E-state index is 5.99. The van der Waals surface area contributed by atoms with Crippen molar-refractivity contribution >= 4 is 32.9 Å². The lowest BCUT2D eigenvalue weighted by Crippen LogP contribution is -2.01. The maximum Gasteiger partial charge on any atom is 0.205 e. The predicted octanol–water partition coefficient (Wildman–Crippen LogP) is 2.77. The number of pyridine rings is 1. The number of halogens is 1. The van der Waals surface area contributed by atoms with Gasteiger partial charge in [0.1, 0.15) is 11.3 Å². The number of benzene rings is 1. The van der Waals surface area contributed by atoms with Crippen molar-refractivity contribution in [1.82, 2.24) is 14.5 Å². The molecule has 3 aromatic rings. The monoisotopic (exact) mass is 318 g/mol. The number of ether oxygens (including phenoxy) is 1. The number of fused-ring (bicyclic) bond motifs is 1. The van der Waals surface area contributed by atoms with E-state index < -0.39 is 0 Å². The van der Waals surface area contributed by atoms with Gasteiger partial charge in [-0.05, 0) is 34.1 Å². The minimum atomic E-state index is 0.423. The largest absolute Gasteiger partial charge is 0.495 e. The molecule has 96 valence electrons. The molecule has 5 nitrogen and oxygen atoms in total. The molecule has 2 aromatic heterocycles. The Labute approximate surface area is 118 Å². The average molecular weight is 319 g/mol. The normalized spacial score (nSPS) is 10.8. The minimum absolute atomic E-state index is 0.423. The molecular formula is C13H11BrN4O. The number of methoxy groups -OCH3 is 1. The van der Waals surface area contributed by atoms with Crippen LogP contribution in [0.15, 0.2) is 41.1 Å². The van der Waals surface area contributed by atoms with Crippen LogP contribution >= 0.6 is 15.9 Å². The van der Waals surface area contributed by atoms with Crippen LogP contribution < -0.4 is 10.5 Å². The second kappa shape index (κ2) is 4.55. The quantitative estimate of drug-likeness (QED) is 0.789. The fourth-order valence-electron chi connectivity index (χ4n) is 2.01. The van der Waals surface area contributed by atoms with E-state index in [1.165, 1.54) is 0 Å². The van der Waals surface area contributed by atoms with Crippen molar-refractivity contribution in [2.24, 2.45) is 0 Å². The van der Waals surface area contributed by atoms with E-state index in [9.17, 15) is 0 Å². The molecule has 0 saturated carbocycles. The summed E-state index contributed by atoms with van der Waals surface area (Å²) in [5, 5.41) is 0. The first-order chi connectivity index (χ1) is 9.20. The molecule has 0 unspecified atom stereocenters. The van der Waals surface area contributed by atoms with Gasteiger partial charge in [0, 0.05) is 12.3 Å². The zero-order valence-electron chi connectivity index (χ0n) is 10.2. The molecule has 0 atom stereocenters. The van der Waals surface area contributed by atoms with Crippen molar-refractivity contribution in [3.63, 3.8) is 0 Å². The molecular weight excluding hydrogens is 308 g/mol. The summed E-state index contributed by atoms with van der Waals surface area (Å²) in [6.07, 6.45) is 3.41. The lowest BCUT2D eigenvalue weighted by Gasteiger charge is -2.09. The lowest BCUT2D eigenvalue weighted by molar-refractivity contribution is 0.412. The summed E-state index contributed by atoms with van der Waals surface area (Å²) in [6, 6.07) is 7.65. The highest BCUT2D eigenvalue weighted by Gasteiger charge is 2.11. The summed E-state index contributed by atoms with van der Waals surface area (Å²) in [7, 11) is 1.63. The topological polar surface area (TPSA) is 66.0 Å². The molecule has 1 aromatic carbocycles. The second-order valence-electron chi connectivity index (χ2n) is 3.99. The van der Waals surface area contributed by atoms with E-state index >= 15 is 0 Å². The van der Waals surface area contributed by atoms with Crippen LogP contribution in [0.2, 0.25) is 0 Å². The number of nitrogens with zero attached hydrogens (tertiary/aromatic N) is 3. The van der Waals surface area contributed by atoms with E-state index in [0.29, 0.717) is 5.95 Å². The first-order valence-corrected chi connectivity index (χ1v) is 6.42. The molecule has 0 amide bonds. The standard InChI is InChI=1S/C13H11BrN4O/c1-19-12-6-8(2-3-9(12)14)18-11-4-5-16-7-10(11)17-13(18)15/h2-7H,1H3,(H2,15,17).